The number of rotatable bonds is 5. The van der Waals surface area contributed by atoms with Gasteiger partial charge in [-0.05, 0) is 43.7 Å². The fourth-order valence-corrected chi connectivity index (χ4v) is 3.36. The molecule has 19 heavy (non-hydrogen) atoms. The van der Waals surface area contributed by atoms with Crippen LogP contribution in [0, 0.1) is 12.7 Å². The van der Waals surface area contributed by atoms with Gasteiger partial charge in [-0.1, -0.05) is 22.9 Å². The second-order valence-corrected chi connectivity index (χ2v) is 6.09. The van der Waals surface area contributed by atoms with Crippen LogP contribution in [0.2, 0.25) is 0 Å². The molecule has 0 saturated heterocycles. The van der Waals surface area contributed by atoms with Crippen molar-refractivity contribution in [2.75, 3.05) is 6.54 Å². The van der Waals surface area contributed by atoms with E-state index in [9.17, 15) is 4.39 Å². The van der Waals surface area contributed by atoms with Gasteiger partial charge in [-0.2, -0.15) is 0 Å². The first-order chi connectivity index (χ1) is 9.11. The summed E-state index contributed by atoms with van der Waals surface area (Å²) in [6.45, 7) is 4.95. The van der Waals surface area contributed by atoms with Crippen molar-refractivity contribution < 1.29 is 4.39 Å². The van der Waals surface area contributed by atoms with Gasteiger partial charge in [-0.25, -0.2) is 9.37 Å². The van der Waals surface area contributed by atoms with E-state index in [4.69, 9.17) is 0 Å². The zero-order chi connectivity index (χ0) is 13.8. The molecule has 0 aliphatic heterocycles. The Hall–Kier alpha value is -0.780. The van der Waals surface area contributed by atoms with E-state index >= 15 is 0 Å². The molecule has 5 heteroatoms. The maximum atomic E-state index is 13.4. The highest BCUT2D eigenvalue weighted by Gasteiger charge is 2.17. The minimum atomic E-state index is -0.200. The molecule has 2 rings (SSSR count). The highest BCUT2D eigenvalue weighted by atomic mass is 79.9. The summed E-state index contributed by atoms with van der Waals surface area (Å²) in [5, 5.41) is 3.45. The van der Waals surface area contributed by atoms with Gasteiger partial charge in [-0.3, -0.25) is 0 Å². The van der Waals surface area contributed by atoms with Crippen molar-refractivity contribution in [3.63, 3.8) is 0 Å². The fourth-order valence-electron chi connectivity index (χ4n) is 2.07. The van der Waals surface area contributed by atoms with Crippen LogP contribution in [-0.2, 0) is 6.42 Å². The molecule has 0 saturated carbocycles. The van der Waals surface area contributed by atoms with Crippen molar-refractivity contribution in [2.24, 2.45) is 0 Å². The van der Waals surface area contributed by atoms with Crippen LogP contribution in [0.3, 0.4) is 0 Å². The molecular weight excluding hydrogens is 327 g/mol. The van der Waals surface area contributed by atoms with Gasteiger partial charge in [0.2, 0.25) is 0 Å². The van der Waals surface area contributed by atoms with Gasteiger partial charge in [0.05, 0.1) is 11.2 Å². The highest BCUT2D eigenvalue weighted by molar-refractivity contribution is 9.10. The Balaban J connectivity index is 2.26. The number of nitrogens with zero attached hydrogens (tertiary/aromatic N) is 1. The minimum Gasteiger partial charge on any atom is -0.309 e. The Morgan fingerprint density at radius 2 is 2.26 bits per heavy atom. The standard InChI is InChI=1S/C14H16BrFN2S/c1-3-17-13(14-9(2)18-8-19-14)7-10-6-11(16)4-5-12(10)15/h4-6,8,13,17H,3,7H2,1-2H3. The number of nitrogens with one attached hydrogen (secondary N) is 1. The quantitative estimate of drug-likeness (QED) is 0.878. The van der Waals surface area contributed by atoms with Gasteiger partial charge >= 0.3 is 0 Å². The first-order valence-electron chi connectivity index (χ1n) is 6.19. The van der Waals surface area contributed by atoms with E-state index in [1.165, 1.54) is 10.9 Å². The van der Waals surface area contributed by atoms with E-state index in [0.717, 1.165) is 28.7 Å². The summed E-state index contributed by atoms with van der Waals surface area (Å²) < 4.78 is 14.3. The summed E-state index contributed by atoms with van der Waals surface area (Å²) in [6, 6.07) is 4.99. The van der Waals surface area contributed by atoms with Crippen molar-refractivity contribution in [3.8, 4) is 0 Å². The molecule has 0 fully saturated rings. The number of halogens is 2. The molecule has 1 aromatic heterocycles. The van der Waals surface area contributed by atoms with Gasteiger partial charge in [0.25, 0.3) is 0 Å². The van der Waals surface area contributed by atoms with E-state index in [2.05, 4.69) is 33.2 Å². The number of aromatic nitrogens is 1. The van der Waals surface area contributed by atoms with Crippen LogP contribution in [0.5, 0.6) is 0 Å². The van der Waals surface area contributed by atoms with E-state index in [1.807, 2.05) is 12.4 Å². The molecule has 1 heterocycles. The topological polar surface area (TPSA) is 24.9 Å². The Morgan fingerprint density at radius 3 is 2.89 bits per heavy atom. The van der Waals surface area contributed by atoms with Crippen molar-refractivity contribution >= 4 is 27.3 Å². The van der Waals surface area contributed by atoms with Crippen molar-refractivity contribution in [1.82, 2.24) is 10.3 Å². The summed E-state index contributed by atoms with van der Waals surface area (Å²) in [5.41, 5.74) is 3.87. The lowest BCUT2D eigenvalue weighted by Gasteiger charge is -2.18. The average molecular weight is 343 g/mol. The van der Waals surface area contributed by atoms with Crippen LogP contribution in [0.25, 0.3) is 0 Å². The largest absolute Gasteiger partial charge is 0.309 e. The monoisotopic (exact) mass is 342 g/mol. The molecule has 0 aliphatic carbocycles. The lowest BCUT2D eigenvalue weighted by molar-refractivity contribution is 0.550. The molecule has 1 aromatic carbocycles. The molecule has 0 spiro atoms. The first kappa shape index (κ1) is 14.6. The average Bonchev–Trinajstić information content (AvgIpc) is 2.79. The summed E-state index contributed by atoms with van der Waals surface area (Å²) in [4.78, 5) is 5.51. The number of likely N-dealkylation sites (N-methyl/N-ethyl adjacent to an activating group) is 1. The summed E-state index contributed by atoms with van der Waals surface area (Å²) in [6.07, 6.45) is 0.745. The minimum absolute atomic E-state index is 0.176. The molecule has 0 bridgehead atoms. The molecule has 2 aromatic rings. The van der Waals surface area contributed by atoms with Gasteiger partial charge < -0.3 is 5.32 Å². The number of thiazole rings is 1. The van der Waals surface area contributed by atoms with Crippen LogP contribution in [0.15, 0.2) is 28.2 Å². The van der Waals surface area contributed by atoms with E-state index < -0.39 is 0 Å². The highest BCUT2D eigenvalue weighted by Crippen LogP contribution is 2.28. The smallest absolute Gasteiger partial charge is 0.123 e. The van der Waals surface area contributed by atoms with Gasteiger partial charge in [-0.15, -0.1) is 11.3 Å². The third kappa shape index (κ3) is 3.61. The molecule has 1 N–H and O–H groups in total. The van der Waals surface area contributed by atoms with Crippen molar-refractivity contribution in [3.05, 3.63) is 50.1 Å². The Kier molecular flexibility index (Phi) is 5.07. The van der Waals surface area contributed by atoms with Gasteiger partial charge in [0.15, 0.2) is 0 Å². The maximum absolute atomic E-state index is 13.4. The maximum Gasteiger partial charge on any atom is 0.123 e. The third-order valence-corrected chi connectivity index (χ3v) is 4.80. The molecular formula is C14H16BrFN2S. The molecule has 2 nitrogen and oxygen atoms in total. The zero-order valence-electron chi connectivity index (χ0n) is 10.9. The number of aryl methyl sites for hydroxylation is 1. The second-order valence-electron chi connectivity index (χ2n) is 4.35. The number of hydrogen-bond acceptors (Lipinski definition) is 3. The fraction of sp³-hybridized carbons (Fsp3) is 0.357. The number of benzene rings is 1. The van der Waals surface area contributed by atoms with Crippen LogP contribution in [-0.4, -0.2) is 11.5 Å². The third-order valence-electron chi connectivity index (χ3n) is 2.98. The second kappa shape index (κ2) is 6.59. The Labute approximate surface area is 125 Å². The Bertz CT molecular complexity index is 556. The van der Waals surface area contributed by atoms with Crippen molar-refractivity contribution in [2.45, 2.75) is 26.3 Å². The molecule has 1 unspecified atom stereocenters. The van der Waals surface area contributed by atoms with E-state index in [-0.39, 0.29) is 11.9 Å². The summed E-state index contributed by atoms with van der Waals surface area (Å²) in [5.74, 6) is -0.200. The predicted octanol–water partition coefficient (Wildman–Crippen LogP) is 4.25. The lowest BCUT2D eigenvalue weighted by Crippen LogP contribution is -2.23. The van der Waals surface area contributed by atoms with Gasteiger partial charge in [0, 0.05) is 15.4 Å². The van der Waals surface area contributed by atoms with Crippen LogP contribution in [0.4, 0.5) is 4.39 Å². The zero-order valence-corrected chi connectivity index (χ0v) is 13.3. The summed E-state index contributed by atoms with van der Waals surface area (Å²) in [7, 11) is 0. The van der Waals surface area contributed by atoms with Crippen LogP contribution < -0.4 is 5.32 Å². The SMILES string of the molecule is CCNC(Cc1cc(F)ccc1Br)c1scnc1C. The van der Waals surface area contributed by atoms with Crippen LogP contribution in [0.1, 0.15) is 29.1 Å². The molecule has 102 valence electrons. The molecule has 0 aliphatic rings. The first-order valence-corrected chi connectivity index (χ1v) is 7.86. The summed E-state index contributed by atoms with van der Waals surface area (Å²) >= 11 is 5.13. The van der Waals surface area contributed by atoms with E-state index in [1.54, 1.807) is 23.5 Å². The van der Waals surface area contributed by atoms with Gasteiger partial charge in [0.1, 0.15) is 5.82 Å². The normalized spacial score (nSPS) is 12.6. The molecule has 1 atom stereocenters. The number of hydrogen-bond donors (Lipinski definition) is 1. The molecule has 0 amide bonds. The van der Waals surface area contributed by atoms with Crippen LogP contribution >= 0.6 is 27.3 Å². The van der Waals surface area contributed by atoms with E-state index in [0.29, 0.717) is 0 Å². The Morgan fingerprint density at radius 1 is 1.47 bits per heavy atom. The lowest BCUT2D eigenvalue weighted by atomic mass is 10.0. The van der Waals surface area contributed by atoms with Crippen molar-refractivity contribution in [1.29, 1.82) is 0 Å². The molecule has 0 radical (unpaired) electrons. The predicted molar refractivity (Wildman–Crippen MR) is 81.1 cm³/mol.